The summed E-state index contributed by atoms with van der Waals surface area (Å²) in [6, 6.07) is 15.8. The van der Waals surface area contributed by atoms with Gasteiger partial charge in [0.1, 0.15) is 17.4 Å². The first-order valence-corrected chi connectivity index (χ1v) is 6.75. The minimum absolute atomic E-state index is 0.109. The summed E-state index contributed by atoms with van der Waals surface area (Å²) in [4.78, 5) is 12.2. The summed E-state index contributed by atoms with van der Waals surface area (Å²) in [7, 11) is 0. The summed E-state index contributed by atoms with van der Waals surface area (Å²) in [5, 5.41) is 11.6. The molecule has 2 unspecified atom stereocenters. The smallest absolute Gasteiger partial charge is 0.228 e. The highest BCUT2D eigenvalue weighted by Crippen LogP contribution is 2.47. The van der Waals surface area contributed by atoms with E-state index in [4.69, 9.17) is 5.26 Å². The number of halogens is 1. The number of nitrogens with one attached hydrogen (secondary N) is 1. The van der Waals surface area contributed by atoms with Crippen molar-refractivity contribution in [3.63, 3.8) is 0 Å². The SMILES string of the molecule is N#Cc1c(F)cccc1NC(=O)C1CC1c1ccccc1. The van der Waals surface area contributed by atoms with Gasteiger partial charge in [0.25, 0.3) is 0 Å². The van der Waals surface area contributed by atoms with Crippen LogP contribution in [0.1, 0.15) is 23.5 Å². The summed E-state index contributed by atoms with van der Waals surface area (Å²) >= 11 is 0. The van der Waals surface area contributed by atoms with E-state index in [-0.39, 0.29) is 29.0 Å². The molecule has 1 fully saturated rings. The predicted octanol–water partition coefficient (Wildman–Crippen LogP) is 3.44. The Labute approximate surface area is 122 Å². The van der Waals surface area contributed by atoms with E-state index in [0.29, 0.717) is 0 Å². The molecule has 2 atom stereocenters. The molecule has 0 aliphatic heterocycles. The Morgan fingerprint density at radius 3 is 2.67 bits per heavy atom. The fraction of sp³-hybridized carbons (Fsp3) is 0.176. The van der Waals surface area contributed by atoms with Crippen molar-refractivity contribution in [1.29, 1.82) is 5.26 Å². The molecule has 2 aromatic rings. The van der Waals surface area contributed by atoms with Crippen molar-refractivity contribution in [2.24, 2.45) is 5.92 Å². The fourth-order valence-electron chi connectivity index (χ4n) is 2.52. The number of hydrogen-bond donors (Lipinski definition) is 1. The van der Waals surface area contributed by atoms with Crippen LogP contribution >= 0.6 is 0 Å². The van der Waals surface area contributed by atoms with E-state index < -0.39 is 5.82 Å². The molecule has 3 nitrogen and oxygen atoms in total. The molecule has 21 heavy (non-hydrogen) atoms. The molecule has 1 saturated carbocycles. The average Bonchev–Trinajstić information content (AvgIpc) is 3.29. The molecular formula is C17H13FN2O. The van der Waals surface area contributed by atoms with Gasteiger partial charge in [-0.1, -0.05) is 36.4 Å². The maximum absolute atomic E-state index is 13.5. The minimum Gasteiger partial charge on any atom is -0.325 e. The van der Waals surface area contributed by atoms with E-state index >= 15 is 0 Å². The van der Waals surface area contributed by atoms with Crippen LogP contribution in [0.25, 0.3) is 0 Å². The predicted molar refractivity (Wildman–Crippen MR) is 77.0 cm³/mol. The van der Waals surface area contributed by atoms with Gasteiger partial charge < -0.3 is 5.32 Å². The zero-order valence-corrected chi connectivity index (χ0v) is 11.2. The number of nitrogens with zero attached hydrogens (tertiary/aromatic N) is 1. The van der Waals surface area contributed by atoms with E-state index in [1.165, 1.54) is 12.1 Å². The number of rotatable bonds is 3. The lowest BCUT2D eigenvalue weighted by atomic mass is 10.1. The van der Waals surface area contributed by atoms with Crippen molar-refractivity contribution in [1.82, 2.24) is 0 Å². The van der Waals surface area contributed by atoms with E-state index in [2.05, 4.69) is 5.32 Å². The second-order valence-electron chi connectivity index (χ2n) is 5.12. The van der Waals surface area contributed by atoms with Gasteiger partial charge >= 0.3 is 0 Å². The number of nitriles is 1. The van der Waals surface area contributed by atoms with Crippen molar-refractivity contribution >= 4 is 11.6 Å². The fourth-order valence-corrected chi connectivity index (χ4v) is 2.52. The quantitative estimate of drug-likeness (QED) is 0.936. The molecule has 2 aromatic carbocycles. The van der Waals surface area contributed by atoms with Crippen LogP contribution in [0, 0.1) is 23.1 Å². The van der Waals surface area contributed by atoms with Crippen molar-refractivity contribution < 1.29 is 9.18 Å². The molecule has 4 heteroatoms. The third-order valence-electron chi connectivity index (χ3n) is 3.74. The number of amides is 1. The van der Waals surface area contributed by atoms with Gasteiger partial charge in [-0.3, -0.25) is 4.79 Å². The third-order valence-corrected chi connectivity index (χ3v) is 3.74. The highest BCUT2D eigenvalue weighted by Gasteiger charge is 2.43. The molecule has 1 N–H and O–H groups in total. The largest absolute Gasteiger partial charge is 0.325 e. The van der Waals surface area contributed by atoms with Crippen LogP contribution in [-0.2, 0) is 4.79 Å². The van der Waals surface area contributed by atoms with Crippen LogP contribution in [0.15, 0.2) is 48.5 Å². The Morgan fingerprint density at radius 2 is 1.95 bits per heavy atom. The van der Waals surface area contributed by atoms with Gasteiger partial charge in [0.2, 0.25) is 5.91 Å². The van der Waals surface area contributed by atoms with Crippen LogP contribution in [0.3, 0.4) is 0 Å². The molecule has 0 saturated heterocycles. The average molecular weight is 280 g/mol. The number of carbonyl (C=O) groups is 1. The molecule has 0 spiro atoms. The Hall–Kier alpha value is -2.67. The van der Waals surface area contributed by atoms with Gasteiger partial charge in [0, 0.05) is 5.92 Å². The topological polar surface area (TPSA) is 52.9 Å². The standard InChI is InChI=1S/C17H13FN2O/c18-15-7-4-8-16(14(15)10-19)20-17(21)13-9-12(13)11-5-2-1-3-6-11/h1-8,12-13H,9H2,(H,20,21). The number of carbonyl (C=O) groups excluding carboxylic acids is 1. The van der Waals surface area contributed by atoms with Crippen LogP contribution in [0.5, 0.6) is 0 Å². The molecular weight excluding hydrogens is 267 g/mol. The zero-order valence-electron chi connectivity index (χ0n) is 11.2. The second-order valence-corrected chi connectivity index (χ2v) is 5.12. The maximum Gasteiger partial charge on any atom is 0.228 e. The molecule has 1 aliphatic rings. The Morgan fingerprint density at radius 1 is 1.19 bits per heavy atom. The van der Waals surface area contributed by atoms with Gasteiger partial charge in [-0.05, 0) is 30.0 Å². The van der Waals surface area contributed by atoms with Crippen LogP contribution in [0.2, 0.25) is 0 Å². The summed E-state index contributed by atoms with van der Waals surface area (Å²) in [6.07, 6.45) is 0.785. The minimum atomic E-state index is -0.620. The number of benzene rings is 2. The molecule has 3 rings (SSSR count). The third kappa shape index (κ3) is 2.63. The Bertz CT molecular complexity index is 721. The molecule has 104 valence electrons. The molecule has 0 heterocycles. The Balaban J connectivity index is 1.72. The van der Waals surface area contributed by atoms with Crippen molar-refractivity contribution in [2.75, 3.05) is 5.32 Å². The monoisotopic (exact) mass is 280 g/mol. The van der Waals surface area contributed by atoms with Crippen LogP contribution in [0.4, 0.5) is 10.1 Å². The van der Waals surface area contributed by atoms with Gasteiger partial charge in [-0.2, -0.15) is 5.26 Å². The van der Waals surface area contributed by atoms with Crippen LogP contribution < -0.4 is 5.32 Å². The Kier molecular flexibility index (Phi) is 3.41. The summed E-state index contributed by atoms with van der Waals surface area (Å²) in [5.41, 5.74) is 1.25. The van der Waals surface area contributed by atoms with E-state index in [1.54, 1.807) is 12.1 Å². The summed E-state index contributed by atoms with van der Waals surface area (Å²) < 4.78 is 13.5. The molecule has 1 amide bonds. The molecule has 1 aliphatic carbocycles. The first-order valence-electron chi connectivity index (χ1n) is 6.75. The van der Waals surface area contributed by atoms with Gasteiger partial charge in [0.05, 0.1) is 5.69 Å². The van der Waals surface area contributed by atoms with Gasteiger partial charge in [0.15, 0.2) is 0 Å². The normalized spacial score (nSPS) is 19.6. The lowest BCUT2D eigenvalue weighted by molar-refractivity contribution is -0.117. The van der Waals surface area contributed by atoms with E-state index in [9.17, 15) is 9.18 Å². The number of hydrogen-bond acceptors (Lipinski definition) is 2. The van der Waals surface area contributed by atoms with Crippen molar-refractivity contribution in [3.05, 3.63) is 65.5 Å². The highest BCUT2D eigenvalue weighted by molar-refractivity contribution is 5.96. The van der Waals surface area contributed by atoms with E-state index in [0.717, 1.165) is 12.0 Å². The first kappa shape index (κ1) is 13.3. The van der Waals surface area contributed by atoms with Gasteiger partial charge in [-0.25, -0.2) is 4.39 Å². The van der Waals surface area contributed by atoms with Gasteiger partial charge in [-0.15, -0.1) is 0 Å². The summed E-state index contributed by atoms with van der Waals surface area (Å²) in [6.45, 7) is 0. The van der Waals surface area contributed by atoms with Crippen molar-refractivity contribution in [3.8, 4) is 6.07 Å². The van der Waals surface area contributed by atoms with Crippen molar-refractivity contribution in [2.45, 2.75) is 12.3 Å². The lowest BCUT2D eigenvalue weighted by Gasteiger charge is -2.07. The molecule has 0 radical (unpaired) electrons. The number of anilines is 1. The van der Waals surface area contributed by atoms with Crippen LogP contribution in [-0.4, -0.2) is 5.91 Å². The maximum atomic E-state index is 13.5. The molecule has 0 aromatic heterocycles. The second kappa shape index (κ2) is 5.37. The zero-order chi connectivity index (χ0) is 14.8. The first-order chi connectivity index (χ1) is 10.2. The summed E-state index contributed by atoms with van der Waals surface area (Å²) in [5.74, 6) is -0.677. The highest BCUT2D eigenvalue weighted by atomic mass is 19.1. The lowest BCUT2D eigenvalue weighted by Crippen LogP contribution is -2.15. The molecule has 0 bridgehead atoms. The van der Waals surface area contributed by atoms with E-state index in [1.807, 2.05) is 30.3 Å².